The molecule has 1 unspecified atom stereocenters. The first-order chi connectivity index (χ1) is 9.17. The van der Waals surface area contributed by atoms with Crippen LogP contribution in [0.2, 0.25) is 0 Å². The second kappa shape index (κ2) is 9.25. The average molecular weight is 273 g/mol. The van der Waals surface area contributed by atoms with Gasteiger partial charge in [-0.2, -0.15) is 0 Å². The summed E-state index contributed by atoms with van der Waals surface area (Å²) in [5, 5.41) is 0. The second-order valence-corrected chi connectivity index (χ2v) is 4.82. The summed E-state index contributed by atoms with van der Waals surface area (Å²) < 4.78 is 9.98. The standard InChI is InChI=1S/C13H27N3O3/c1-3-19-13(17)12(14)4-5-15-6-8-16(9-7-15)10-11-18-2/h12H,3-11,14H2,1-2H3. The van der Waals surface area contributed by atoms with Gasteiger partial charge in [0.15, 0.2) is 0 Å². The number of carbonyl (C=O) groups is 1. The molecule has 0 aromatic carbocycles. The lowest BCUT2D eigenvalue weighted by atomic mass is 10.2. The molecule has 6 nitrogen and oxygen atoms in total. The number of methoxy groups -OCH3 is 1. The molecule has 0 radical (unpaired) electrons. The molecule has 0 bridgehead atoms. The molecule has 2 N–H and O–H groups in total. The Hall–Kier alpha value is -0.690. The number of esters is 1. The van der Waals surface area contributed by atoms with Crippen molar-refractivity contribution in [2.24, 2.45) is 5.73 Å². The SMILES string of the molecule is CCOC(=O)C(N)CCN1CCN(CCOC)CC1. The number of hydrogen-bond donors (Lipinski definition) is 1. The number of carbonyl (C=O) groups excluding carboxylic acids is 1. The maximum absolute atomic E-state index is 11.4. The Morgan fingerprint density at radius 2 is 1.79 bits per heavy atom. The van der Waals surface area contributed by atoms with Gasteiger partial charge in [-0.3, -0.25) is 9.69 Å². The van der Waals surface area contributed by atoms with Crippen LogP contribution in [0.1, 0.15) is 13.3 Å². The van der Waals surface area contributed by atoms with Crippen molar-refractivity contribution in [1.82, 2.24) is 9.80 Å². The Morgan fingerprint density at radius 1 is 1.21 bits per heavy atom. The molecule has 0 amide bonds. The van der Waals surface area contributed by atoms with Crippen molar-refractivity contribution >= 4 is 5.97 Å². The molecule has 1 aliphatic rings. The van der Waals surface area contributed by atoms with Crippen LogP contribution in [0.3, 0.4) is 0 Å². The van der Waals surface area contributed by atoms with E-state index in [9.17, 15) is 4.79 Å². The summed E-state index contributed by atoms with van der Waals surface area (Å²) in [7, 11) is 1.73. The van der Waals surface area contributed by atoms with Crippen molar-refractivity contribution in [1.29, 1.82) is 0 Å². The Balaban J connectivity index is 2.13. The minimum atomic E-state index is -0.494. The van der Waals surface area contributed by atoms with Gasteiger partial charge in [0.1, 0.15) is 6.04 Å². The van der Waals surface area contributed by atoms with E-state index in [-0.39, 0.29) is 5.97 Å². The first kappa shape index (κ1) is 16.4. The second-order valence-electron chi connectivity index (χ2n) is 4.82. The van der Waals surface area contributed by atoms with Gasteiger partial charge in [0, 0.05) is 46.4 Å². The molecule has 0 saturated carbocycles. The van der Waals surface area contributed by atoms with Gasteiger partial charge >= 0.3 is 5.97 Å². The topological polar surface area (TPSA) is 68.0 Å². The molecule has 1 saturated heterocycles. The summed E-state index contributed by atoms with van der Waals surface area (Å²) in [6.07, 6.45) is 0.664. The summed E-state index contributed by atoms with van der Waals surface area (Å²) in [6, 6.07) is -0.494. The van der Waals surface area contributed by atoms with E-state index < -0.39 is 6.04 Å². The molecule has 19 heavy (non-hydrogen) atoms. The highest BCUT2D eigenvalue weighted by Gasteiger charge is 2.19. The fraction of sp³-hybridized carbons (Fsp3) is 0.923. The molecule has 112 valence electrons. The predicted octanol–water partition coefficient (Wildman–Crippen LogP) is -0.469. The zero-order chi connectivity index (χ0) is 14.1. The van der Waals surface area contributed by atoms with Crippen molar-refractivity contribution < 1.29 is 14.3 Å². The summed E-state index contributed by atoms with van der Waals surface area (Å²) in [5.41, 5.74) is 5.79. The van der Waals surface area contributed by atoms with Gasteiger partial charge in [-0.15, -0.1) is 0 Å². The zero-order valence-electron chi connectivity index (χ0n) is 12.1. The molecule has 0 aromatic rings. The van der Waals surface area contributed by atoms with E-state index in [0.717, 1.165) is 45.9 Å². The van der Waals surface area contributed by atoms with Gasteiger partial charge in [-0.25, -0.2) is 0 Å². The van der Waals surface area contributed by atoms with Crippen LogP contribution in [-0.2, 0) is 14.3 Å². The van der Waals surface area contributed by atoms with Crippen molar-refractivity contribution in [3.05, 3.63) is 0 Å². The molecule has 0 spiro atoms. The fourth-order valence-corrected chi connectivity index (χ4v) is 2.15. The van der Waals surface area contributed by atoms with Gasteiger partial charge in [-0.05, 0) is 13.3 Å². The lowest BCUT2D eigenvalue weighted by molar-refractivity contribution is -0.144. The number of ether oxygens (including phenoxy) is 2. The van der Waals surface area contributed by atoms with Crippen molar-refractivity contribution in [3.8, 4) is 0 Å². The Morgan fingerprint density at radius 3 is 2.32 bits per heavy atom. The van der Waals surface area contributed by atoms with Crippen molar-refractivity contribution in [2.75, 3.05) is 59.6 Å². The van der Waals surface area contributed by atoms with E-state index in [1.165, 1.54) is 0 Å². The van der Waals surface area contributed by atoms with Crippen LogP contribution in [0, 0.1) is 0 Å². The van der Waals surface area contributed by atoms with Crippen LogP contribution >= 0.6 is 0 Å². The molecule has 1 fully saturated rings. The Kier molecular flexibility index (Phi) is 7.97. The van der Waals surface area contributed by atoms with Crippen molar-refractivity contribution in [2.45, 2.75) is 19.4 Å². The van der Waals surface area contributed by atoms with E-state index in [2.05, 4.69) is 9.80 Å². The van der Waals surface area contributed by atoms with Crippen molar-refractivity contribution in [3.63, 3.8) is 0 Å². The molecule has 1 aliphatic heterocycles. The van der Waals surface area contributed by atoms with Crippen LogP contribution in [0.15, 0.2) is 0 Å². The molecule has 0 aliphatic carbocycles. The van der Waals surface area contributed by atoms with Gasteiger partial charge < -0.3 is 20.1 Å². The largest absolute Gasteiger partial charge is 0.465 e. The highest BCUT2D eigenvalue weighted by molar-refractivity contribution is 5.75. The highest BCUT2D eigenvalue weighted by atomic mass is 16.5. The minimum absolute atomic E-state index is 0.291. The van der Waals surface area contributed by atoms with Gasteiger partial charge in [0.05, 0.1) is 13.2 Å². The monoisotopic (exact) mass is 273 g/mol. The fourth-order valence-electron chi connectivity index (χ4n) is 2.15. The van der Waals surface area contributed by atoms with E-state index in [1.54, 1.807) is 14.0 Å². The lowest BCUT2D eigenvalue weighted by Crippen LogP contribution is -2.48. The number of hydrogen-bond acceptors (Lipinski definition) is 6. The van der Waals surface area contributed by atoms with Crippen LogP contribution in [0.5, 0.6) is 0 Å². The maximum Gasteiger partial charge on any atom is 0.322 e. The number of nitrogens with zero attached hydrogens (tertiary/aromatic N) is 2. The Bertz CT molecular complexity index is 256. The molecule has 6 heteroatoms. The summed E-state index contributed by atoms with van der Waals surface area (Å²) in [4.78, 5) is 16.1. The smallest absolute Gasteiger partial charge is 0.322 e. The van der Waals surface area contributed by atoms with Gasteiger partial charge in [-0.1, -0.05) is 0 Å². The summed E-state index contributed by atoms with van der Waals surface area (Å²) in [5.74, 6) is -0.291. The maximum atomic E-state index is 11.4. The summed E-state index contributed by atoms with van der Waals surface area (Å²) >= 11 is 0. The molecular formula is C13H27N3O3. The van der Waals surface area contributed by atoms with Gasteiger partial charge in [0.25, 0.3) is 0 Å². The molecular weight excluding hydrogens is 246 g/mol. The normalized spacial score (nSPS) is 19.3. The number of piperazine rings is 1. The third-order valence-electron chi connectivity index (χ3n) is 3.42. The van der Waals surface area contributed by atoms with Gasteiger partial charge in [0.2, 0.25) is 0 Å². The lowest BCUT2D eigenvalue weighted by Gasteiger charge is -2.34. The summed E-state index contributed by atoms with van der Waals surface area (Å²) in [6.45, 7) is 8.99. The van der Waals surface area contributed by atoms with Crippen LogP contribution in [-0.4, -0.2) is 81.4 Å². The first-order valence-electron chi connectivity index (χ1n) is 7.03. The minimum Gasteiger partial charge on any atom is -0.465 e. The molecule has 1 rings (SSSR count). The number of rotatable bonds is 8. The predicted molar refractivity (Wildman–Crippen MR) is 74.0 cm³/mol. The molecule has 0 aromatic heterocycles. The van der Waals surface area contributed by atoms with E-state index in [0.29, 0.717) is 13.0 Å². The average Bonchev–Trinajstić information content (AvgIpc) is 2.43. The first-order valence-corrected chi connectivity index (χ1v) is 7.03. The van der Waals surface area contributed by atoms with Crippen LogP contribution in [0.25, 0.3) is 0 Å². The highest BCUT2D eigenvalue weighted by Crippen LogP contribution is 2.03. The third-order valence-corrected chi connectivity index (χ3v) is 3.42. The quantitative estimate of drug-likeness (QED) is 0.603. The Labute approximate surface area is 115 Å². The third kappa shape index (κ3) is 6.33. The van der Waals surface area contributed by atoms with Crippen LogP contribution in [0.4, 0.5) is 0 Å². The van der Waals surface area contributed by atoms with E-state index in [1.807, 2.05) is 0 Å². The van der Waals surface area contributed by atoms with E-state index in [4.69, 9.17) is 15.2 Å². The molecule has 1 atom stereocenters. The molecule has 1 heterocycles. The van der Waals surface area contributed by atoms with E-state index >= 15 is 0 Å². The number of nitrogens with two attached hydrogens (primary N) is 1. The zero-order valence-corrected chi connectivity index (χ0v) is 12.1. The van der Waals surface area contributed by atoms with Crippen LogP contribution < -0.4 is 5.73 Å².